The van der Waals surface area contributed by atoms with Crippen LogP contribution >= 0.6 is 0 Å². The molecule has 3 aromatic heterocycles. The molecular weight excluding hydrogens is 494 g/mol. The van der Waals surface area contributed by atoms with Crippen molar-refractivity contribution in [1.82, 2.24) is 19.9 Å². The highest BCUT2D eigenvalue weighted by molar-refractivity contribution is 7.92. The zero-order valence-corrected chi connectivity index (χ0v) is 19.9. The summed E-state index contributed by atoms with van der Waals surface area (Å²) in [5, 5.41) is 0.325. The molecule has 0 unspecified atom stereocenters. The molecule has 0 spiro atoms. The largest absolute Gasteiger partial charge is 0.481 e. The number of ether oxygens (including phenoxy) is 1. The fourth-order valence-electron chi connectivity index (χ4n) is 3.85. The van der Waals surface area contributed by atoms with Gasteiger partial charge >= 0.3 is 0 Å². The monoisotopic (exact) mass is 514 g/mol. The second kappa shape index (κ2) is 8.82. The molecule has 0 radical (unpaired) electrons. The quantitative estimate of drug-likeness (QED) is 0.343. The van der Waals surface area contributed by atoms with Gasteiger partial charge in [0.15, 0.2) is 5.82 Å². The molecular formula is C23H20F2N6O4S. The molecule has 3 heterocycles. The van der Waals surface area contributed by atoms with Gasteiger partial charge < -0.3 is 14.6 Å². The van der Waals surface area contributed by atoms with E-state index in [2.05, 4.69) is 24.7 Å². The number of halogens is 2. The van der Waals surface area contributed by atoms with Crippen molar-refractivity contribution in [2.45, 2.75) is 23.8 Å². The third-order valence-electron chi connectivity index (χ3n) is 5.91. The number of rotatable bonds is 8. The smallest absolute Gasteiger partial charge is 0.263 e. The van der Waals surface area contributed by atoms with Gasteiger partial charge in [0.05, 0.1) is 35.5 Å². The van der Waals surface area contributed by atoms with Crippen LogP contribution in [0, 0.1) is 11.6 Å². The Labute approximate surface area is 204 Å². The Morgan fingerprint density at radius 2 is 1.94 bits per heavy atom. The zero-order valence-electron chi connectivity index (χ0n) is 19.1. The fraction of sp³-hybridized carbons (Fsp3) is 0.217. The Kier molecular flexibility index (Phi) is 5.79. The standard InChI is InChI=1S/C23H20F2N6O4S/c1-31(12-3-4-12)23-18-14(10-27-22(18)28-11-29-23)21(32)19-15(24)6-7-16(20(19)25)30-36(33,34)13-5-8-17(35-2)26-9-13/h5-12,30H,3-4H2,1-2H3,(H,27,28,29). The van der Waals surface area contributed by atoms with Gasteiger partial charge in [0, 0.05) is 25.4 Å². The van der Waals surface area contributed by atoms with E-state index < -0.39 is 38.7 Å². The summed E-state index contributed by atoms with van der Waals surface area (Å²) in [7, 11) is -1.11. The van der Waals surface area contributed by atoms with Crippen LogP contribution in [-0.2, 0) is 10.0 Å². The second-order valence-electron chi connectivity index (χ2n) is 8.22. The minimum atomic E-state index is -4.30. The number of sulfonamides is 1. The highest BCUT2D eigenvalue weighted by Gasteiger charge is 2.31. The van der Waals surface area contributed by atoms with E-state index in [1.54, 1.807) is 0 Å². The van der Waals surface area contributed by atoms with Gasteiger partial charge in [-0.05, 0) is 31.0 Å². The molecule has 1 aromatic carbocycles. The molecule has 5 rings (SSSR count). The van der Waals surface area contributed by atoms with E-state index in [1.165, 1.54) is 31.8 Å². The Morgan fingerprint density at radius 1 is 1.17 bits per heavy atom. The lowest BCUT2D eigenvalue weighted by Gasteiger charge is -2.18. The number of carbonyl (C=O) groups is 1. The molecule has 0 bridgehead atoms. The highest BCUT2D eigenvalue weighted by Crippen LogP contribution is 2.35. The summed E-state index contributed by atoms with van der Waals surface area (Å²) in [6.45, 7) is 0. The van der Waals surface area contributed by atoms with E-state index in [1.807, 2.05) is 11.9 Å². The number of aromatic nitrogens is 4. The predicted octanol–water partition coefficient (Wildman–Crippen LogP) is 3.27. The summed E-state index contributed by atoms with van der Waals surface area (Å²) >= 11 is 0. The van der Waals surface area contributed by atoms with Crippen molar-refractivity contribution < 1.29 is 26.7 Å². The molecule has 186 valence electrons. The number of anilines is 2. The maximum absolute atomic E-state index is 15.5. The van der Waals surface area contributed by atoms with E-state index in [-0.39, 0.29) is 22.4 Å². The second-order valence-corrected chi connectivity index (χ2v) is 9.90. The van der Waals surface area contributed by atoms with Crippen molar-refractivity contribution in [3.05, 3.63) is 65.7 Å². The van der Waals surface area contributed by atoms with Crippen molar-refractivity contribution in [3.8, 4) is 5.88 Å². The van der Waals surface area contributed by atoms with Gasteiger partial charge in [-0.1, -0.05) is 0 Å². The SMILES string of the molecule is COc1ccc(S(=O)(=O)Nc2ccc(F)c(C(=O)c3c[nH]c4ncnc(N(C)C5CC5)c34)c2F)cn1. The summed E-state index contributed by atoms with van der Waals surface area (Å²) < 4.78 is 62.7. The van der Waals surface area contributed by atoms with E-state index in [4.69, 9.17) is 4.74 Å². The van der Waals surface area contributed by atoms with Crippen molar-refractivity contribution in [2.24, 2.45) is 0 Å². The van der Waals surface area contributed by atoms with Crippen molar-refractivity contribution >= 4 is 38.3 Å². The van der Waals surface area contributed by atoms with Gasteiger partial charge in [-0.3, -0.25) is 9.52 Å². The average Bonchev–Trinajstić information content (AvgIpc) is 3.63. The minimum Gasteiger partial charge on any atom is -0.481 e. The topological polar surface area (TPSA) is 130 Å². The number of nitrogens with one attached hydrogen (secondary N) is 2. The zero-order chi connectivity index (χ0) is 25.6. The van der Waals surface area contributed by atoms with Crippen LogP contribution in [0.1, 0.15) is 28.8 Å². The maximum atomic E-state index is 15.5. The van der Waals surface area contributed by atoms with Crippen LogP contribution in [0.25, 0.3) is 11.0 Å². The predicted molar refractivity (Wildman–Crippen MR) is 127 cm³/mol. The summed E-state index contributed by atoms with van der Waals surface area (Å²) in [5.74, 6) is -2.84. The molecule has 36 heavy (non-hydrogen) atoms. The molecule has 0 aliphatic heterocycles. The average molecular weight is 515 g/mol. The number of carbonyl (C=O) groups excluding carboxylic acids is 1. The number of fused-ring (bicyclic) bond motifs is 1. The molecule has 13 heteroatoms. The van der Waals surface area contributed by atoms with E-state index in [0.717, 1.165) is 31.2 Å². The number of H-pyrrole nitrogens is 1. The lowest BCUT2D eigenvalue weighted by molar-refractivity contribution is 0.103. The summed E-state index contributed by atoms with van der Waals surface area (Å²) in [6.07, 6.45) is 5.60. The Morgan fingerprint density at radius 3 is 2.61 bits per heavy atom. The number of aromatic amines is 1. The molecule has 2 N–H and O–H groups in total. The molecule has 0 amide bonds. The summed E-state index contributed by atoms with van der Waals surface area (Å²) in [4.78, 5) is 30.1. The minimum absolute atomic E-state index is 0.0368. The van der Waals surface area contributed by atoms with Gasteiger partial charge in [0.2, 0.25) is 11.7 Å². The number of hydrogen-bond acceptors (Lipinski definition) is 8. The van der Waals surface area contributed by atoms with Crippen LogP contribution < -0.4 is 14.4 Å². The number of nitrogens with zero attached hydrogens (tertiary/aromatic N) is 4. The van der Waals surface area contributed by atoms with Crippen LogP contribution in [-0.4, -0.2) is 54.3 Å². The molecule has 1 aliphatic rings. The lowest BCUT2D eigenvalue weighted by atomic mass is 10.0. The molecule has 1 fully saturated rings. The van der Waals surface area contributed by atoms with Crippen LogP contribution in [0.2, 0.25) is 0 Å². The van der Waals surface area contributed by atoms with Crippen LogP contribution in [0.4, 0.5) is 20.3 Å². The van der Waals surface area contributed by atoms with Gasteiger partial charge in [0.25, 0.3) is 10.0 Å². The first-order valence-electron chi connectivity index (χ1n) is 10.8. The Balaban J connectivity index is 1.54. The van der Waals surface area contributed by atoms with Crippen molar-refractivity contribution in [2.75, 3.05) is 23.8 Å². The maximum Gasteiger partial charge on any atom is 0.263 e. The molecule has 1 aliphatic carbocycles. The highest BCUT2D eigenvalue weighted by atomic mass is 32.2. The van der Waals surface area contributed by atoms with Gasteiger partial charge in [-0.25, -0.2) is 32.2 Å². The van der Waals surface area contributed by atoms with Gasteiger partial charge in [0.1, 0.15) is 28.5 Å². The number of benzene rings is 1. The first kappa shape index (κ1) is 23.6. The first-order valence-corrected chi connectivity index (χ1v) is 12.3. The Hall–Kier alpha value is -4.13. The summed E-state index contributed by atoms with van der Waals surface area (Å²) in [5.41, 5.74) is -1.21. The molecule has 0 atom stereocenters. The number of hydrogen-bond donors (Lipinski definition) is 2. The normalized spacial score (nSPS) is 13.6. The van der Waals surface area contributed by atoms with Crippen LogP contribution in [0.3, 0.4) is 0 Å². The third kappa shape index (κ3) is 4.11. The van der Waals surface area contributed by atoms with Gasteiger partial charge in [-0.2, -0.15) is 0 Å². The van der Waals surface area contributed by atoms with Crippen molar-refractivity contribution in [3.63, 3.8) is 0 Å². The fourth-order valence-corrected chi connectivity index (χ4v) is 4.86. The number of ketones is 1. The molecule has 10 nitrogen and oxygen atoms in total. The van der Waals surface area contributed by atoms with Gasteiger partial charge in [-0.15, -0.1) is 0 Å². The summed E-state index contributed by atoms with van der Waals surface area (Å²) in [6, 6.07) is 4.51. The van der Waals surface area contributed by atoms with E-state index in [0.29, 0.717) is 16.9 Å². The molecule has 0 saturated heterocycles. The van der Waals surface area contributed by atoms with Crippen LogP contribution in [0.15, 0.2) is 47.9 Å². The van der Waals surface area contributed by atoms with Crippen LogP contribution in [0.5, 0.6) is 5.88 Å². The Bertz CT molecular complexity index is 1590. The number of methoxy groups -OCH3 is 1. The van der Waals surface area contributed by atoms with E-state index >= 15 is 4.39 Å². The van der Waals surface area contributed by atoms with Crippen molar-refractivity contribution in [1.29, 1.82) is 0 Å². The first-order chi connectivity index (χ1) is 17.2. The molecule has 1 saturated carbocycles. The lowest BCUT2D eigenvalue weighted by Crippen LogP contribution is -2.21. The third-order valence-corrected chi connectivity index (χ3v) is 7.27. The number of pyridine rings is 1. The molecule has 4 aromatic rings. The van der Waals surface area contributed by atoms with E-state index in [9.17, 15) is 17.6 Å².